The van der Waals surface area contributed by atoms with Crippen LogP contribution in [0.15, 0.2) is 24.3 Å². The van der Waals surface area contributed by atoms with Crippen molar-refractivity contribution in [1.29, 1.82) is 0 Å². The van der Waals surface area contributed by atoms with Crippen LogP contribution in [0, 0.1) is 11.7 Å². The topological polar surface area (TPSA) is 57.5 Å². The number of benzene rings is 1. The SMILES string of the molecule is CC(C(=O)O)C(C)(O)c1cccc(F)c1. The van der Waals surface area contributed by atoms with Gasteiger partial charge >= 0.3 is 5.97 Å². The van der Waals surface area contributed by atoms with E-state index in [1.165, 1.54) is 32.0 Å². The fourth-order valence-electron chi connectivity index (χ4n) is 1.29. The van der Waals surface area contributed by atoms with E-state index in [2.05, 4.69) is 0 Å². The van der Waals surface area contributed by atoms with Gasteiger partial charge in [-0.3, -0.25) is 4.79 Å². The molecule has 1 aromatic carbocycles. The second kappa shape index (κ2) is 3.98. The number of carbonyl (C=O) groups is 1. The summed E-state index contributed by atoms with van der Waals surface area (Å²) in [6.07, 6.45) is 0. The van der Waals surface area contributed by atoms with E-state index in [9.17, 15) is 14.3 Å². The molecule has 0 fully saturated rings. The Hall–Kier alpha value is -1.42. The van der Waals surface area contributed by atoms with E-state index < -0.39 is 23.3 Å². The highest BCUT2D eigenvalue weighted by molar-refractivity contribution is 5.71. The molecule has 2 atom stereocenters. The van der Waals surface area contributed by atoms with Crippen molar-refractivity contribution in [1.82, 2.24) is 0 Å². The van der Waals surface area contributed by atoms with E-state index in [-0.39, 0.29) is 5.56 Å². The first-order valence-electron chi connectivity index (χ1n) is 4.57. The molecule has 0 heterocycles. The highest BCUT2D eigenvalue weighted by atomic mass is 19.1. The van der Waals surface area contributed by atoms with Crippen LogP contribution in [-0.4, -0.2) is 16.2 Å². The quantitative estimate of drug-likeness (QED) is 0.802. The van der Waals surface area contributed by atoms with Gasteiger partial charge in [-0.2, -0.15) is 0 Å². The molecule has 3 nitrogen and oxygen atoms in total. The fraction of sp³-hybridized carbons (Fsp3) is 0.364. The summed E-state index contributed by atoms with van der Waals surface area (Å²) in [5.74, 6) is -2.62. The molecule has 1 rings (SSSR count). The van der Waals surface area contributed by atoms with Crippen LogP contribution in [0.2, 0.25) is 0 Å². The first-order chi connectivity index (χ1) is 6.85. The molecule has 4 heteroatoms. The van der Waals surface area contributed by atoms with Crippen molar-refractivity contribution in [3.8, 4) is 0 Å². The first kappa shape index (κ1) is 11.7. The van der Waals surface area contributed by atoms with Gasteiger partial charge in [-0.1, -0.05) is 12.1 Å². The number of carboxylic acids is 1. The summed E-state index contributed by atoms with van der Waals surface area (Å²) in [6.45, 7) is 2.74. The minimum absolute atomic E-state index is 0.261. The van der Waals surface area contributed by atoms with Gasteiger partial charge in [-0.25, -0.2) is 4.39 Å². The van der Waals surface area contributed by atoms with Crippen molar-refractivity contribution < 1.29 is 19.4 Å². The van der Waals surface area contributed by atoms with Crippen molar-refractivity contribution in [3.05, 3.63) is 35.6 Å². The molecule has 0 aliphatic heterocycles. The van der Waals surface area contributed by atoms with Gasteiger partial charge in [-0.15, -0.1) is 0 Å². The molecular formula is C11H13FO3. The van der Waals surface area contributed by atoms with Gasteiger partial charge in [-0.05, 0) is 31.5 Å². The molecule has 0 bridgehead atoms. The molecule has 0 saturated carbocycles. The van der Waals surface area contributed by atoms with Gasteiger partial charge in [0.2, 0.25) is 0 Å². The predicted molar refractivity (Wildman–Crippen MR) is 52.8 cm³/mol. The second-order valence-corrected chi connectivity index (χ2v) is 3.72. The third-order valence-corrected chi connectivity index (χ3v) is 2.62. The lowest BCUT2D eigenvalue weighted by Crippen LogP contribution is -2.35. The molecule has 2 unspecified atom stereocenters. The summed E-state index contributed by atoms with van der Waals surface area (Å²) in [5, 5.41) is 18.8. The Labute approximate surface area is 87.2 Å². The van der Waals surface area contributed by atoms with Crippen LogP contribution >= 0.6 is 0 Å². The Bertz CT molecular complexity index is 374. The largest absolute Gasteiger partial charge is 0.481 e. The molecule has 0 saturated heterocycles. The summed E-state index contributed by atoms with van der Waals surface area (Å²) in [4.78, 5) is 10.8. The van der Waals surface area contributed by atoms with Crippen molar-refractivity contribution >= 4 is 5.97 Å². The van der Waals surface area contributed by atoms with Crippen molar-refractivity contribution in [2.24, 2.45) is 5.92 Å². The molecule has 15 heavy (non-hydrogen) atoms. The average Bonchev–Trinajstić information content (AvgIpc) is 2.16. The molecule has 0 radical (unpaired) electrons. The van der Waals surface area contributed by atoms with E-state index in [1.807, 2.05) is 0 Å². The maximum absolute atomic E-state index is 12.9. The molecule has 0 amide bonds. The van der Waals surface area contributed by atoms with E-state index in [0.29, 0.717) is 0 Å². The van der Waals surface area contributed by atoms with Crippen LogP contribution in [0.25, 0.3) is 0 Å². The summed E-state index contributed by atoms with van der Waals surface area (Å²) < 4.78 is 12.9. The Balaban J connectivity index is 3.10. The normalized spacial score (nSPS) is 16.8. The summed E-state index contributed by atoms with van der Waals surface area (Å²) in [5.41, 5.74) is -1.31. The van der Waals surface area contributed by atoms with Crippen molar-refractivity contribution in [3.63, 3.8) is 0 Å². The molecule has 0 spiro atoms. The molecule has 1 aromatic rings. The van der Waals surface area contributed by atoms with Gasteiger partial charge in [0.1, 0.15) is 5.82 Å². The van der Waals surface area contributed by atoms with Crippen molar-refractivity contribution in [2.45, 2.75) is 19.4 Å². The zero-order valence-corrected chi connectivity index (χ0v) is 8.57. The van der Waals surface area contributed by atoms with E-state index in [4.69, 9.17) is 5.11 Å². The van der Waals surface area contributed by atoms with Crippen LogP contribution in [0.1, 0.15) is 19.4 Å². The lowest BCUT2D eigenvalue weighted by molar-refractivity contribution is -0.150. The third-order valence-electron chi connectivity index (χ3n) is 2.62. The highest BCUT2D eigenvalue weighted by Crippen LogP contribution is 2.29. The average molecular weight is 212 g/mol. The van der Waals surface area contributed by atoms with Crippen LogP contribution in [0.4, 0.5) is 4.39 Å². The summed E-state index contributed by atoms with van der Waals surface area (Å²) >= 11 is 0. The number of hydrogen-bond acceptors (Lipinski definition) is 2. The second-order valence-electron chi connectivity index (χ2n) is 3.72. The number of carboxylic acid groups (broad SMARTS) is 1. The molecule has 0 aromatic heterocycles. The Kier molecular flexibility index (Phi) is 3.09. The predicted octanol–water partition coefficient (Wildman–Crippen LogP) is 1.75. The van der Waals surface area contributed by atoms with Gasteiger partial charge < -0.3 is 10.2 Å². The number of halogens is 1. The lowest BCUT2D eigenvalue weighted by Gasteiger charge is -2.27. The maximum atomic E-state index is 12.9. The maximum Gasteiger partial charge on any atom is 0.309 e. The first-order valence-corrected chi connectivity index (χ1v) is 4.57. The van der Waals surface area contributed by atoms with E-state index >= 15 is 0 Å². The number of aliphatic hydroxyl groups is 1. The third kappa shape index (κ3) is 2.33. The number of rotatable bonds is 3. The van der Waals surface area contributed by atoms with Crippen LogP contribution in [0.5, 0.6) is 0 Å². The Morgan fingerprint density at radius 1 is 1.53 bits per heavy atom. The minimum atomic E-state index is -1.58. The van der Waals surface area contributed by atoms with Gasteiger partial charge in [0, 0.05) is 0 Å². The van der Waals surface area contributed by atoms with Crippen LogP contribution in [0.3, 0.4) is 0 Å². The summed E-state index contributed by atoms with van der Waals surface area (Å²) in [6, 6.07) is 5.32. The molecule has 0 aliphatic carbocycles. The standard InChI is InChI=1S/C11H13FO3/c1-7(10(13)14)11(2,15)8-4-3-5-9(12)6-8/h3-7,15H,1-2H3,(H,13,14). The monoisotopic (exact) mass is 212 g/mol. The smallest absolute Gasteiger partial charge is 0.309 e. The van der Waals surface area contributed by atoms with E-state index in [0.717, 1.165) is 6.07 Å². The van der Waals surface area contributed by atoms with Gasteiger partial charge in [0.05, 0.1) is 11.5 Å². The fourth-order valence-corrected chi connectivity index (χ4v) is 1.29. The van der Waals surface area contributed by atoms with Crippen molar-refractivity contribution in [2.75, 3.05) is 0 Å². The molecule has 82 valence electrons. The van der Waals surface area contributed by atoms with Gasteiger partial charge in [0.25, 0.3) is 0 Å². The zero-order valence-electron chi connectivity index (χ0n) is 8.57. The summed E-state index contributed by atoms with van der Waals surface area (Å²) in [7, 11) is 0. The van der Waals surface area contributed by atoms with E-state index in [1.54, 1.807) is 0 Å². The Morgan fingerprint density at radius 2 is 2.13 bits per heavy atom. The zero-order chi connectivity index (χ0) is 11.6. The molecular weight excluding hydrogens is 199 g/mol. The van der Waals surface area contributed by atoms with Crippen LogP contribution < -0.4 is 0 Å². The number of hydrogen-bond donors (Lipinski definition) is 2. The minimum Gasteiger partial charge on any atom is -0.481 e. The number of aliphatic carboxylic acids is 1. The highest BCUT2D eigenvalue weighted by Gasteiger charge is 2.35. The van der Waals surface area contributed by atoms with Gasteiger partial charge in [0.15, 0.2) is 0 Å². The molecule has 2 N–H and O–H groups in total. The Morgan fingerprint density at radius 3 is 2.60 bits per heavy atom. The van der Waals surface area contributed by atoms with Crippen LogP contribution in [-0.2, 0) is 10.4 Å². The molecule has 0 aliphatic rings. The lowest BCUT2D eigenvalue weighted by atomic mass is 9.84.